The van der Waals surface area contributed by atoms with Gasteiger partial charge in [0.2, 0.25) is 0 Å². The van der Waals surface area contributed by atoms with Crippen LogP contribution >= 0.6 is 12.2 Å². The van der Waals surface area contributed by atoms with E-state index in [1.54, 1.807) is 12.1 Å². The standard InChI is InChI=1S/C13H18F2N4OS/c1-18-6-8-19(9-7-18)17-13(21)16-10-2-4-11(5-3-10)20-12(14)15/h2-5,12H,6-9H2,1H3,(H2,16,17,21). The van der Waals surface area contributed by atoms with Crippen LogP contribution < -0.4 is 15.5 Å². The molecule has 0 radical (unpaired) electrons. The fourth-order valence-corrected chi connectivity index (χ4v) is 2.19. The van der Waals surface area contributed by atoms with Crippen molar-refractivity contribution in [2.75, 3.05) is 38.5 Å². The smallest absolute Gasteiger partial charge is 0.387 e. The summed E-state index contributed by atoms with van der Waals surface area (Å²) in [5, 5.41) is 5.52. The summed E-state index contributed by atoms with van der Waals surface area (Å²) in [6.07, 6.45) is 0. The Kier molecular flexibility index (Phi) is 5.66. The number of benzene rings is 1. The Morgan fingerprint density at radius 2 is 1.81 bits per heavy atom. The van der Waals surface area contributed by atoms with Crippen molar-refractivity contribution in [2.24, 2.45) is 0 Å². The molecule has 0 unspecified atom stereocenters. The summed E-state index contributed by atoms with van der Waals surface area (Å²) in [6.45, 7) is 0.924. The summed E-state index contributed by atoms with van der Waals surface area (Å²) in [5.74, 6) is 0.119. The number of nitrogens with one attached hydrogen (secondary N) is 2. The SMILES string of the molecule is CN1CCN(NC(=S)Nc2ccc(OC(F)F)cc2)CC1. The number of thiocarbonyl (C=S) groups is 1. The molecule has 8 heteroatoms. The molecule has 0 bridgehead atoms. The third-order valence-electron chi connectivity index (χ3n) is 3.10. The van der Waals surface area contributed by atoms with Crippen LogP contribution in [0.5, 0.6) is 5.75 Å². The molecule has 1 aliphatic heterocycles. The van der Waals surface area contributed by atoms with E-state index >= 15 is 0 Å². The van der Waals surface area contributed by atoms with E-state index in [-0.39, 0.29) is 5.75 Å². The highest BCUT2D eigenvalue weighted by Gasteiger charge is 2.14. The minimum Gasteiger partial charge on any atom is -0.435 e. The molecule has 1 aromatic rings. The molecule has 0 aromatic heterocycles. The highest BCUT2D eigenvalue weighted by atomic mass is 32.1. The van der Waals surface area contributed by atoms with Crippen molar-refractivity contribution in [3.05, 3.63) is 24.3 Å². The molecule has 116 valence electrons. The van der Waals surface area contributed by atoms with Gasteiger partial charge in [0, 0.05) is 31.9 Å². The van der Waals surface area contributed by atoms with Gasteiger partial charge in [-0.25, -0.2) is 5.01 Å². The molecule has 2 rings (SSSR count). The zero-order valence-electron chi connectivity index (χ0n) is 11.7. The van der Waals surface area contributed by atoms with Crippen molar-refractivity contribution >= 4 is 23.0 Å². The van der Waals surface area contributed by atoms with Crippen LogP contribution in [0.15, 0.2) is 24.3 Å². The van der Waals surface area contributed by atoms with Gasteiger partial charge < -0.3 is 15.0 Å². The van der Waals surface area contributed by atoms with Crippen molar-refractivity contribution in [3.8, 4) is 5.75 Å². The number of hydrogen-bond acceptors (Lipinski definition) is 4. The van der Waals surface area contributed by atoms with Crippen LogP contribution in [-0.4, -0.2) is 54.9 Å². The quantitative estimate of drug-likeness (QED) is 0.825. The fourth-order valence-electron chi connectivity index (χ4n) is 1.94. The number of anilines is 1. The zero-order chi connectivity index (χ0) is 15.2. The van der Waals surface area contributed by atoms with Crippen molar-refractivity contribution in [2.45, 2.75) is 6.61 Å². The number of ether oxygens (including phenoxy) is 1. The van der Waals surface area contributed by atoms with Gasteiger partial charge in [-0.15, -0.1) is 0 Å². The molecule has 21 heavy (non-hydrogen) atoms. The third-order valence-corrected chi connectivity index (χ3v) is 3.29. The Bertz CT molecular complexity index is 464. The molecular formula is C13H18F2N4OS. The molecule has 1 aromatic carbocycles. The van der Waals surface area contributed by atoms with E-state index in [1.807, 2.05) is 5.01 Å². The molecule has 0 aliphatic carbocycles. The van der Waals surface area contributed by atoms with Gasteiger partial charge in [-0.2, -0.15) is 8.78 Å². The van der Waals surface area contributed by atoms with Gasteiger partial charge in [-0.05, 0) is 43.5 Å². The number of nitrogens with zero attached hydrogens (tertiary/aromatic N) is 2. The fraction of sp³-hybridized carbons (Fsp3) is 0.462. The van der Waals surface area contributed by atoms with Crippen LogP contribution in [0.4, 0.5) is 14.5 Å². The summed E-state index contributed by atoms with van der Waals surface area (Å²) >= 11 is 5.22. The number of halogens is 2. The Balaban J connectivity index is 1.79. The summed E-state index contributed by atoms with van der Waals surface area (Å²) in [5.41, 5.74) is 3.82. The van der Waals surface area contributed by atoms with E-state index in [2.05, 4.69) is 27.4 Å². The maximum atomic E-state index is 12.0. The van der Waals surface area contributed by atoms with Crippen LogP contribution in [0, 0.1) is 0 Å². The van der Waals surface area contributed by atoms with E-state index in [4.69, 9.17) is 12.2 Å². The maximum absolute atomic E-state index is 12.0. The second-order valence-electron chi connectivity index (χ2n) is 4.76. The molecule has 0 spiro atoms. The Morgan fingerprint density at radius 3 is 2.38 bits per heavy atom. The molecule has 1 fully saturated rings. The number of likely N-dealkylation sites (N-methyl/N-ethyl adjacent to an activating group) is 1. The van der Waals surface area contributed by atoms with Crippen LogP contribution in [0.25, 0.3) is 0 Å². The van der Waals surface area contributed by atoms with Crippen LogP contribution in [0.2, 0.25) is 0 Å². The van der Waals surface area contributed by atoms with Gasteiger partial charge in [0.25, 0.3) is 0 Å². The van der Waals surface area contributed by atoms with Crippen LogP contribution in [0.1, 0.15) is 0 Å². The predicted molar refractivity (Wildman–Crippen MR) is 81.5 cm³/mol. The van der Waals surface area contributed by atoms with Gasteiger partial charge in [0.1, 0.15) is 5.75 Å². The van der Waals surface area contributed by atoms with E-state index in [0.29, 0.717) is 10.8 Å². The summed E-state index contributed by atoms with van der Waals surface area (Å²) in [6, 6.07) is 6.20. The first-order valence-electron chi connectivity index (χ1n) is 6.59. The predicted octanol–water partition coefficient (Wildman–Crippen LogP) is 1.74. The van der Waals surface area contributed by atoms with Crippen molar-refractivity contribution in [3.63, 3.8) is 0 Å². The van der Waals surface area contributed by atoms with Crippen LogP contribution in [0.3, 0.4) is 0 Å². The topological polar surface area (TPSA) is 39.8 Å². The van der Waals surface area contributed by atoms with Gasteiger partial charge in [0.15, 0.2) is 5.11 Å². The number of hydrazine groups is 1. The monoisotopic (exact) mass is 316 g/mol. The number of piperazine rings is 1. The summed E-state index contributed by atoms with van der Waals surface area (Å²) < 4.78 is 28.4. The van der Waals surface area contributed by atoms with Crippen molar-refractivity contribution in [1.29, 1.82) is 0 Å². The largest absolute Gasteiger partial charge is 0.435 e. The number of hydrogen-bond donors (Lipinski definition) is 2. The first-order valence-corrected chi connectivity index (χ1v) is 7.00. The van der Waals surface area contributed by atoms with E-state index in [0.717, 1.165) is 26.2 Å². The summed E-state index contributed by atoms with van der Waals surface area (Å²) in [4.78, 5) is 2.25. The third kappa shape index (κ3) is 5.41. The Labute approximate surface area is 127 Å². The lowest BCUT2D eigenvalue weighted by atomic mass is 10.3. The normalized spacial score (nSPS) is 16.8. The minimum atomic E-state index is -2.82. The van der Waals surface area contributed by atoms with Gasteiger partial charge in [-0.1, -0.05) is 0 Å². The molecule has 0 atom stereocenters. The Morgan fingerprint density at radius 1 is 1.19 bits per heavy atom. The highest BCUT2D eigenvalue weighted by Crippen LogP contribution is 2.17. The number of rotatable bonds is 4. The molecule has 0 saturated carbocycles. The second-order valence-corrected chi connectivity index (χ2v) is 5.17. The van der Waals surface area contributed by atoms with Crippen LogP contribution in [-0.2, 0) is 0 Å². The van der Waals surface area contributed by atoms with Gasteiger partial charge in [-0.3, -0.25) is 5.43 Å². The average Bonchev–Trinajstić information content (AvgIpc) is 2.43. The molecule has 0 amide bonds. The average molecular weight is 316 g/mol. The molecule has 5 nitrogen and oxygen atoms in total. The Hall–Kier alpha value is -1.51. The number of alkyl halides is 2. The molecule has 2 N–H and O–H groups in total. The summed E-state index contributed by atoms with van der Waals surface area (Å²) in [7, 11) is 2.08. The lowest BCUT2D eigenvalue weighted by molar-refractivity contribution is -0.0498. The van der Waals surface area contributed by atoms with Crippen molar-refractivity contribution in [1.82, 2.24) is 15.3 Å². The van der Waals surface area contributed by atoms with Crippen molar-refractivity contribution < 1.29 is 13.5 Å². The van der Waals surface area contributed by atoms with E-state index in [9.17, 15) is 8.78 Å². The van der Waals surface area contributed by atoms with E-state index < -0.39 is 6.61 Å². The highest BCUT2D eigenvalue weighted by molar-refractivity contribution is 7.80. The van der Waals surface area contributed by atoms with E-state index in [1.165, 1.54) is 12.1 Å². The molecule has 1 heterocycles. The first-order chi connectivity index (χ1) is 10.0. The van der Waals surface area contributed by atoms with Gasteiger partial charge >= 0.3 is 6.61 Å². The van der Waals surface area contributed by atoms with Gasteiger partial charge in [0.05, 0.1) is 0 Å². The molecule has 1 saturated heterocycles. The zero-order valence-corrected chi connectivity index (χ0v) is 12.5. The first kappa shape index (κ1) is 15.9. The minimum absolute atomic E-state index is 0.119. The second kappa shape index (κ2) is 7.48. The lowest BCUT2D eigenvalue weighted by Crippen LogP contribution is -2.53. The lowest BCUT2D eigenvalue weighted by Gasteiger charge is -2.33. The maximum Gasteiger partial charge on any atom is 0.387 e. The molecule has 1 aliphatic rings. The molecular weight excluding hydrogens is 298 g/mol.